The number of aryl methyl sites for hydroxylation is 3. The molecule has 6 heteroatoms. The van der Waals surface area contributed by atoms with Crippen molar-refractivity contribution in [2.75, 3.05) is 5.75 Å². The van der Waals surface area contributed by atoms with Gasteiger partial charge >= 0.3 is 0 Å². The molecule has 25 heavy (non-hydrogen) atoms. The summed E-state index contributed by atoms with van der Waals surface area (Å²) >= 11 is 3.00. The van der Waals surface area contributed by atoms with Crippen LogP contribution in [0.5, 0.6) is 0 Å². The van der Waals surface area contributed by atoms with E-state index in [1.54, 1.807) is 15.9 Å². The Morgan fingerprint density at radius 3 is 2.92 bits per heavy atom. The number of hydrogen-bond donors (Lipinski definition) is 0. The van der Waals surface area contributed by atoms with Crippen molar-refractivity contribution in [3.63, 3.8) is 0 Å². The second kappa shape index (κ2) is 7.03. The average molecular weight is 367 g/mol. The van der Waals surface area contributed by atoms with E-state index in [2.05, 4.69) is 18.2 Å². The first-order valence-electron chi connectivity index (χ1n) is 8.36. The number of nitriles is 1. The number of fused-ring (bicyclic) bond motifs is 3. The third kappa shape index (κ3) is 3.10. The summed E-state index contributed by atoms with van der Waals surface area (Å²) in [6.45, 7) is 0.587. The van der Waals surface area contributed by atoms with Gasteiger partial charge in [-0.3, -0.25) is 9.36 Å². The van der Waals surface area contributed by atoms with Crippen LogP contribution in [0.4, 0.5) is 0 Å². The highest BCUT2D eigenvalue weighted by molar-refractivity contribution is 7.99. The zero-order valence-electron chi connectivity index (χ0n) is 13.7. The monoisotopic (exact) mass is 367 g/mol. The summed E-state index contributed by atoms with van der Waals surface area (Å²) in [6.07, 6.45) is 3.95. The first kappa shape index (κ1) is 16.4. The van der Waals surface area contributed by atoms with Gasteiger partial charge in [0.05, 0.1) is 17.2 Å². The molecule has 2 heterocycles. The lowest BCUT2D eigenvalue weighted by Gasteiger charge is -2.11. The molecular weight excluding hydrogens is 350 g/mol. The first-order chi connectivity index (χ1) is 12.3. The molecule has 0 unspecified atom stereocenters. The maximum atomic E-state index is 13.2. The Morgan fingerprint density at radius 2 is 2.12 bits per heavy atom. The van der Waals surface area contributed by atoms with E-state index in [0.29, 0.717) is 17.5 Å². The Bertz CT molecular complexity index is 1020. The van der Waals surface area contributed by atoms with Crippen molar-refractivity contribution in [2.45, 2.75) is 37.4 Å². The van der Waals surface area contributed by atoms with Crippen LogP contribution in [0, 0.1) is 11.3 Å². The molecule has 0 saturated carbocycles. The van der Waals surface area contributed by atoms with Crippen LogP contribution in [0.1, 0.15) is 22.4 Å². The second-order valence-electron chi connectivity index (χ2n) is 6.07. The first-order valence-corrected chi connectivity index (χ1v) is 10.2. The van der Waals surface area contributed by atoms with E-state index in [4.69, 9.17) is 10.2 Å². The van der Waals surface area contributed by atoms with Crippen LogP contribution < -0.4 is 5.56 Å². The van der Waals surface area contributed by atoms with E-state index in [0.717, 1.165) is 35.9 Å². The zero-order valence-corrected chi connectivity index (χ0v) is 15.3. The van der Waals surface area contributed by atoms with Gasteiger partial charge in [-0.15, -0.1) is 11.3 Å². The van der Waals surface area contributed by atoms with Gasteiger partial charge in [0.2, 0.25) is 0 Å². The summed E-state index contributed by atoms with van der Waals surface area (Å²) in [7, 11) is 0. The molecule has 0 fully saturated rings. The SMILES string of the molecule is N#CCSc1nc2sc3c(c2c(=O)n1CCc1ccccc1)CCC3. The molecule has 1 aliphatic rings. The molecule has 4 nitrogen and oxygen atoms in total. The van der Waals surface area contributed by atoms with Gasteiger partial charge in [-0.2, -0.15) is 5.26 Å². The third-order valence-electron chi connectivity index (χ3n) is 4.52. The quantitative estimate of drug-likeness (QED) is 0.508. The van der Waals surface area contributed by atoms with Gasteiger partial charge in [0.1, 0.15) is 4.83 Å². The van der Waals surface area contributed by atoms with Gasteiger partial charge in [-0.05, 0) is 36.8 Å². The van der Waals surface area contributed by atoms with E-state index in [-0.39, 0.29) is 5.56 Å². The van der Waals surface area contributed by atoms with Gasteiger partial charge in [-0.1, -0.05) is 42.1 Å². The highest BCUT2D eigenvalue weighted by Gasteiger charge is 2.23. The smallest absolute Gasteiger partial charge is 0.263 e. The number of rotatable bonds is 5. The summed E-state index contributed by atoms with van der Waals surface area (Å²) in [4.78, 5) is 20.1. The predicted molar refractivity (Wildman–Crippen MR) is 102 cm³/mol. The van der Waals surface area contributed by atoms with Crippen molar-refractivity contribution < 1.29 is 0 Å². The molecule has 4 rings (SSSR count). The lowest BCUT2D eigenvalue weighted by molar-refractivity contribution is 0.596. The minimum atomic E-state index is 0.0563. The second-order valence-corrected chi connectivity index (χ2v) is 8.10. The van der Waals surface area contributed by atoms with Crippen LogP contribution in [0.2, 0.25) is 0 Å². The minimum Gasteiger partial charge on any atom is -0.287 e. The molecule has 0 spiro atoms. The van der Waals surface area contributed by atoms with Gasteiger partial charge in [0.25, 0.3) is 5.56 Å². The topological polar surface area (TPSA) is 58.7 Å². The minimum absolute atomic E-state index is 0.0563. The van der Waals surface area contributed by atoms with Crippen molar-refractivity contribution >= 4 is 33.3 Å². The fraction of sp³-hybridized carbons (Fsp3) is 0.316. The number of benzene rings is 1. The Morgan fingerprint density at radius 1 is 1.28 bits per heavy atom. The van der Waals surface area contributed by atoms with Crippen LogP contribution in [0.15, 0.2) is 40.3 Å². The van der Waals surface area contributed by atoms with Crippen LogP contribution >= 0.6 is 23.1 Å². The van der Waals surface area contributed by atoms with E-state index in [1.807, 2.05) is 18.2 Å². The average Bonchev–Trinajstić information content (AvgIpc) is 3.20. The summed E-state index contributed by atoms with van der Waals surface area (Å²) in [5.41, 5.74) is 2.46. The van der Waals surface area contributed by atoms with Crippen molar-refractivity contribution in [2.24, 2.45) is 0 Å². The van der Waals surface area contributed by atoms with E-state index in [9.17, 15) is 4.79 Å². The number of thiophene rings is 1. The van der Waals surface area contributed by atoms with Crippen molar-refractivity contribution in [1.29, 1.82) is 5.26 Å². The van der Waals surface area contributed by atoms with Crippen LogP contribution in [0.3, 0.4) is 0 Å². The molecule has 0 radical (unpaired) electrons. The molecule has 0 aliphatic heterocycles. The normalized spacial score (nSPS) is 13.1. The lowest BCUT2D eigenvalue weighted by atomic mass is 10.1. The van der Waals surface area contributed by atoms with Gasteiger partial charge in [0, 0.05) is 11.4 Å². The molecule has 0 amide bonds. The van der Waals surface area contributed by atoms with Crippen molar-refractivity contribution in [3.8, 4) is 6.07 Å². The summed E-state index contributed by atoms with van der Waals surface area (Å²) < 4.78 is 1.77. The van der Waals surface area contributed by atoms with Crippen LogP contribution in [0.25, 0.3) is 10.2 Å². The molecule has 1 aromatic carbocycles. The van der Waals surface area contributed by atoms with E-state index >= 15 is 0 Å². The number of aromatic nitrogens is 2. The van der Waals surface area contributed by atoms with Crippen molar-refractivity contribution in [3.05, 3.63) is 56.7 Å². The van der Waals surface area contributed by atoms with Crippen molar-refractivity contribution in [1.82, 2.24) is 9.55 Å². The standard InChI is InChI=1S/C19H17N3OS2/c20-10-12-24-19-21-17-16(14-7-4-8-15(14)25-17)18(23)22(19)11-9-13-5-2-1-3-6-13/h1-3,5-6H,4,7-9,11-12H2. The molecule has 0 bridgehead atoms. The molecule has 3 aromatic rings. The molecule has 2 aromatic heterocycles. The largest absolute Gasteiger partial charge is 0.287 e. The fourth-order valence-corrected chi connectivity index (χ4v) is 5.34. The third-order valence-corrected chi connectivity index (χ3v) is 6.55. The Kier molecular flexibility index (Phi) is 4.60. The molecule has 0 atom stereocenters. The zero-order chi connectivity index (χ0) is 17.2. The highest BCUT2D eigenvalue weighted by atomic mass is 32.2. The van der Waals surface area contributed by atoms with Gasteiger partial charge < -0.3 is 0 Å². The van der Waals surface area contributed by atoms with E-state index in [1.165, 1.54) is 27.8 Å². The molecule has 0 N–H and O–H groups in total. The number of thioether (sulfide) groups is 1. The molecule has 126 valence electrons. The Balaban J connectivity index is 1.77. The Labute approximate surface area is 154 Å². The molecular formula is C19H17N3OS2. The highest BCUT2D eigenvalue weighted by Crippen LogP contribution is 2.35. The van der Waals surface area contributed by atoms with Gasteiger partial charge in [0.15, 0.2) is 5.16 Å². The maximum absolute atomic E-state index is 13.2. The lowest BCUT2D eigenvalue weighted by Crippen LogP contribution is -2.24. The maximum Gasteiger partial charge on any atom is 0.263 e. The fourth-order valence-electron chi connectivity index (χ4n) is 3.35. The summed E-state index contributed by atoms with van der Waals surface area (Å²) in [6, 6.07) is 12.3. The number of hydrogen-bond acceptors (Lipinski definition) is 5. The summed E-state index contributed by atoms with van der Waals surface area (Å²) in [5, 5.41) is 10.4. The van der Waals surface area contributed by atoms with Gasteiger partial charge in [-0.25, -0.2) is 4.98 Å². The Hall–Kier alpha value is -2.10. The molecule has 1 aliphatic carbocycles. The van der Waals surface area contributed by atoms with E-state index < -0.39 is 0 Å². The number of nitrogens with zero attached hydrogens (tertiary/aromatic N) is 3. The molecule has 0 saturated heterocycles. The predicted octanol–water partition coefficient (Wildman–Crippen LogP) is 3.81. The van der Waals surface area contributed by atoms with Crippen LogP contribution in [-0.4, -0.2) is 15.3 Å². The summed E-state index contributed by atoms with van der Waals surface area (Å²) in [5.74, 6) is 0.300. The van der Waals surface area contributed by atoms with Crippen LogP contribution in [-0.2, 0) is 25.8 Å².